The number of nitrogens with zero attached hydrogens (tertiary/aromatic N) is 3. The average Bonchev–Trinajstić information content (AvgIpc) is 2.38. The van der Waals surface area contributed by atoms with Gasteiger partial charge in [-0.05, 0) is 35.4 Å². The molecule has 0 unspecified atom stereocenters. The van der Waals surface area contributed by atoms with Crippen LogP contribution in [0.3, 0.4) is 0 Å². The van der Waals surface area contributed by atoms with E-state index >= 15 is 0 Å². The number of halogens is 2. The van der Waals surface area contributed by atoms with E-state index < -0.39 is 0 Å². The highest BCUT2D eigenvalue weighted by Gasteiger charge is 2.22. The maximum absolute atomic E-state index is 4.46. The molecule has 1 saturated carbocycles. The van der Waals surface area contributed by atoms with Gasteiger partial charge in [0.1, 0.15) is 0 Å². The van der Waals surface area contributed by atoms with Gasteiger partial charge < -0.3 is 4.90 Å². The summed E-state index contributed by atoms with van der Waals surface area (Å²) in [7, 11) is 0. The smallest absolute Gasteiger partial charge is 0.225 e. The Morgan fingerprint density at radius 3 is 2.47 bits per heavy atom. The molecule has 3 nitrogen and oxygen atoms in total. The van der Waals surface area contributed by atoms with Crippen molar-refractivity contribution in [2.45, 2.75) is 38.1 Å². The normalized spacial score (nSPS) is 17.1. The van der Waals surface area contributed by atoms with Crippen LogP contribution in [-0.2, 0) is 0 Å². The van der Waals surface area contributed by atoms with Crippen LogP contribution in [0, 0.1) is 3.57 Å². The number of alkyl halides is 1. The third kappa shape index (κ3) is 3.77. The van der Waals surface area contributed by atoms with Gasteiger partial charge in [-0.15, -0.1) is 0 Å². The van der Waals surface area contributed by atoms with Gasteiger partial charge in [-0.1, -0.05) is 35.2 Å². The molecular weight excluding hydrogens is 393 g/mol. The monoisotopic (exact) mass is 409 g/mol. The van der Waals surface area contributed by atoms with E-state index in [0.29, 0.717) is 6.04 Å². The largest absolute Gasteiger partial charge is 0.337 e. The Morgan fingerprint density at radius 2 is 1.88 bits per heavy atom. The van der Waals surface area contributed by atoms with Crippen molar-refractivity contribution in [3.05, 3.63) is 16.0 Å². The molecule has 1 aliphatic rings. The molecule has 1 aliphatic carbocycles. The summed E-state index contributed by atoms with van der Waals surface area (Å²) in [5.41, 5.74) is 0. The van der Waals surface area contributed by atoms with Crippen LogP contribution in [0.5, 0.6) is 0 Å². The maximum atomic E-state index is 4.46. The van der Waals surface area contributed by atoms with Crippen LogP contribution in [0.1, 0.15) is 32.1 Å². The highest BCUT2D eigenvalue weighted by molar-refractivity contribution is 14.1. The van der Waals surface area contributed by atoms with Crippen molar-refractivity contribution in [1.82, 2.24) is 9.97 Å². The van der Waals surface area contributed by atoms with E-state index in [1.165, 1.54) is 32.1 Å². The van der Waals surface area contributed by atoms with Gasteiger partial charge in [0.15, 0.2) is 0 Å². The first-order valence-corrected chi connectivity index (χ1v) is 8.31. The highest BCUT2D eigenvalue weighted by atomic mass is 127. The standard InChI is InChI=1S/C12H17BrIN3/c13-6-7-17(11-4-2-1-3-5-11)12-15-8-10(14)9-16-12/h8-9,11H,1-7H2. The fourth-order valence-corrected chi connectivity index (χ4v) is 3.04. The van der Waals surface area contributed by atoms with Gasteiger partial charge in [-0.25, -0.2) is 9.97 Å². The molecule has 1 aromatic rings. The minimum Gasteiger partial charge on any atom is -0.337 e. The van der Waals surface area contributed by atoms with Crippen molar-refractivity contribution in [3.8, 4) is 0 Å². The lowest BCUT2D eigenvalue weighted by Gasteiger charge is -2.34. The Hall–Kier alpha value is 0.0900. The molecule has 0 aromatic carbocycles. The molecule has 1 aromatic heterocycles. The molecule has 0 bridgehead atoms. The predicted octanol–water partition coefficient (Wildman–Crippen LogP) is 3.62. The van der Waals surface area contributed by atoms with Crippen LogP contribution in [0.25, 0.3) is 0 Å². The van der Waals surface area contributed by atoms with E-state index in [-0.39, 0.29) is 0 Å². The molecule has 17 heavy (non-hydrogen) atoms. The second kappa shape index (κ2) is 6.87. The Morgan fingerprint density at radius 1 is 1.24 bits per heavy atom. The lowest BCUT2D eigenvalue weighted by atomic mass is 9.94. The first-order chi connectivity index (χ1) is 8.31. The molecular formula is C12H17BrIN3. The van der Waals surface area contributed by atoms with Crippen LogP contribution in [0.4, 0.5) is 5.95 Å². The number of hydrogen-bond donors (Lipinski definition) is 0. The maximum Gasteiger partial charge on any atom is 0.225 e. The van der Waals surface area contributed by atoms with Crippen molar-refractivity contribution in [3.63, 3.8) is 0 Å². The second-order valence-electron chi connectivity index (χ2n) is 4.38. The van der Waals surface area contributed by atoms with E-state index in [0.717, 1.165) is 21.4 Å². The molecule has 0 atom stereocenters. The molecule has 0 aliphatic heterocycles. The first-order valence-electron chi connectivity index (χ1n) is 6.11. The van der Waals surface area contributed by atoms with E-state index in [2.05, 4.69) is 53.4 Å². The molecule has 1 fully saturated rings. The van der Waals surface area contributed by atoms with Crippen molar-refractivity contribution < 1.29 is 0 Å². The minimum atomic E-state index is 0.626. The van der Waals surface area contributed by atoms with Gasteiger partial charge in [-0.3, -0.25) is 0 Å². The summed E-state index contributed by atoms with van der Waals surface area (Å²) in [6.45, 7) is 0.991. The van der Waals surface area contributed by atoms with Crippen molar-refractivity contribution in [2.75, 3.05) is 16.8 Å². The van der Waals surface area contributed by atoms with Crippen LogP contribution in [0.2, 0.25) is 0 Å². The van der Waals surface area contributed by atoms with E-state index in [9.17, 15) is 0 Å². The quantitative estimate of drug-likeness (QED) is 0.561. The lowest BCUT2D eigenvalue weighted by Crippen LogP contribution is -2.39. The zero-order chi connectivity index (χ0) is 12.1. The van der Waals surface area contributed by atoms with Gasteiger partial charge in [0.25, 0.3) is 0 Å². The van der Waals surface area contributed by atoms with Gasteiger partial charge in [0.05, 0.1) is 0 Å². The summed E-state index contributed by atoms with van der Waals surface area (Å²) in [4.78, 5) is 11.3. The molecule has 94 valence electrons. The molecule has 0 amide bonds. The van der Waals surface area contributed by atoms with Gasteiger partial charge >= 0.3 is 0 Å². The Labute approximate surface area is 125 Å². The summed E-state index contributed by atoms with van der Waals surface area (Å²) in [6.07, 6.45) is 10.4. The average molecular weight is 410 g/mol. The summed E-state index contributed by atoms with van der Waals surface area (Å²) in [6, 6.07) is 0.626. The molecule has 1 heterocycles. The van der Waals surface area contributed by atoms with Crippen molar-refractivity contribution in [1.29, 1.82) is 0 Å². The summed E-state index contributed by atoms with van der Waals surface area (Å²) in [5, 5.41) is 0.971. The van der Waals surface area contributed by atoms with Crippen LogP contribution in [-0.4, -0.2) is 27.9 Å². The first kappa shape index (κ1) is 13.5. The molecule has 0 radical (unpaired) electrons. The third-order valence-corrected chi connectivity index (χ3v) is 4.12. The zero-order valence-corrected chi connectivity index (χ0v) is 13.5. The fourth-order valence-electron chi connectivity index (χ4n) is 2.38. The van der Waals surface area contributed by atoms with Crippen LogP contribution in [0.15, 0.2) is 12.4 Å². The molecule has 0 saturated heterocycles. The molecule has 2 rings (SSSR count). The van der Waals surface area contributed by atoms with Crippen LogP contribution >= 0.6 is 38.5 Å². The van der Waals surface area contributed by atoms with Gasteiger partial charge in [0.2, 0.25) is 5.95 Å². The molecule has 0 spiro atoms. The van der Waals surface area contributed by atoms with Crippen molar-refractivity contribution in [2.24, 2.45) is 0 Å². The highest BCUT2D eigenvalue weighted by Crippen LogP contribution is 2.25. The van der Waals surface area contributed by atoms with Gasteiger partial charge in [-0.2, -0.15) is 0 Å². The SMILES string of the molecule is BrCCN(c1ncc(I)cn1)C1CCCCC1. The Kier molecular flexibility index (Phi) is 5.47. The zero-order valence-electron chi connectivity index (χ0n) is 9.78. The number of anilines is 1. The second-order valence-corrected chi connectivity index (χ2v) is 6.41. The molecule has 0 N–H and O–H groups in total. The topological polar surface area (TPSA) is 29.0 Å². The Balaban J connectivity index is 2.12. The number of hydrogen-bond acceptors (Lipinski definition) is 3. The predicted molar refractivity (Wildman–Crippen MR) is 82.8 cm³/mol. The minimum absolute atomic E-state index is 0.626. The Bertz CT molecular complexity index is 338. The third-order valence-electron chi connectivity index (χ3n) is 3.20. The summed E-state index contributed by atoms with van der Waals surface area (Å²) >= 11 is 5.77. The summed E-state index contributed by atoms with van der Waals surface area (Å²) < 4.78 is 1.09. The lowest BCUT2D eigenvalue weighted by molar-refractivity contribution is 0.415. The van der Waals surface area contributed by atoms with Crippen molar-refractivity contribution >= 4 is 44.5 Å². The summed E-state index contributed by atoms with van der Waals surface area (Å²) in [5.74, 6) is 0.886. The van der Waals surface area contributed by atoms with E-state index in [1.807, 2.05) is 12.4 Å². The van der Waals surface area contributed by atoms with Gasteiger partial charge in [0, 0.05) is 33.9 Å². The number of aromatic nitrogens is 2. The van der Waals surface area contributed by atoms with E-state index in [4.69, 9.17) is 0 Å². The number of rotatable bonds is 4. The van der Waals surface area contributed by atoms with E-state index in [1.54, 1.807) is 0 Å². The molecule has 5 heteroatoms. The fraction of sp³-hybridized carbons (Fsp3) is 0.667. The van der Waals surface area contributed by atoms with Crippen LogP contribution < -0.4 is 4.90 Å².